The predicted octanol–water partition coefficient (Wildman–Crippen LogP) is 4.29. The van der Waals surface area contributed by atoms with Gasteiger partial charge in [0.15, 0.2) is 5.69 Å². The second kappa shape index (κ2) is 8.65. The van der Waals surface area contributed by atoms with Crippen LogP contribution in [0.15, 0.2) is 54.6 Å². The molecule has 0 bridgehead atoms. The number of nitrogens with zero attached hydrogens (tertiary/aromatic N) is 4. The van der Waals surface area contributed by atoms with Crippen molar-refractivity contribution in [1.29, 1.82) is 0 Å². The van der Waals surface area contributed by atoms with E-state index in [4.69, 9.17) is 0 Å². The highest BCUT2D eigenvalue weighted by atomic mass is 19.1. The van der Waals surface area contributed by atoms with Crippen LogP contribution in [0.25, 0.3) is 5.69 Å². The molecule has 0 aliphatic heterocycles. The minimum Gasteiger partial charge on any atom is -0.346 e. The van der Waals surface area contributed by atoms with Crippen LogP contribution in [0.2, 0.25) is 0 Å². The van der Waals surface area contributed by atoms with Gasteiger partial charge in [0.2, 0.25) is 0 Å². The normalized spacial score (nSPS) is 12.7. The average Bonchev–Trinajstić information content (AvgIpc) is 3.49. The number of nitrogens with one attached hydrogen (secondary N) is 1. The van der Waals surface area contributed by atoms with Gasteiger partial charge >= 0.3 is 0 Å². The van der Waals surface area contributed by atoms with E-state index in [-0.39, 0.29) is 11.7 Å². The zero-order chi connectivity index (χ0) is 22.9. The molecule has 0 saturated heterocycles. The van der Waals surface area contributed by atoms with Gasteiger partial charge in [-0.05, 0) is 50.8 Å². The van der Waals surface area contributed by atoms with Crippen molar-refractivity contribution in [3.8, 4) is 5.69 Å². The van der Waals surface area contributed by atoms with Crippen LogP contribution in [0.5, 0.6) is 0 Å². The Bertz CT molecular complexity index is 1320. The first-order valence-electron chi connectivity index (χ1n) is 11.2. The molecule has 33 heavy (non-hydrogen) atoms. The summed E-state index contributed by atoms with van der Waals surface area (Å²) in [6, 6.07) is 16.7. The smallest absolute Gasteiger partial charge is 0.272 e. The van der Waals surface area contributed by atoms with Gasteiger partial charge in [-0.15, -0.1) is 0 Å². The molecule has 2 aromatic carbocycles. The lowest BCUT2D eigenvalue weighted by molar-refractivity contribution is 0.0944. The molecule has 0 atom stereocenters. The minimum absolute atomic E-state index is 0.238. The van der Waals surface area contributed by atoms with Gasteiger partial charge in [0.25, 0.3) is 5.91 Å². The van der Waals surface area contributed by atoms with Crippen LogP contribution in [0.1, 0.15) is 50.7 Å². The number of para-hydroxylation sites is 1. The summed E-state index contributed by atoms with van der Waals surface area (Å²) in [5.74, 6) is -0.586. The number of carbonyl (C=O) groups excluding carboxylic acids is 1. The molecule has 0 radical (unpaired) electrons. The monoisotopic (exact) mass is 443 g/mol. The van der Waals surface area contributed by atoms with Gasteiger partial charge in [-0.25, -0.2) is 9.07 Å². The summed E-state index contributed by atoms with van der Waals surface area (Å²) in [6.07, 6.45) is 2.50. The Morgan fingerprint density at radius 3 is 2.58 bits per heavy atom. The van der Waals surface area contributed by atoms with Crippen molar-refractivity contribution in [1.82, 2.24) is 24.9 Å². The Kier molecular flexibility index (Phi) is 5.54. The summed E-state index contributed by atoms with van der Waals surface area (Å²) in [5, 5.41) is 12.2. The van der Waals surface area contributed by atoms with Gasteiger partial charge in [-0.2, -0.15) is 10.2 Å². The first kappa shape index (κ1) is 21.1. The third-order valence-corrected chi connectivity index (χ3v) is 6.36. The fourth-order valence-corrected chi connectivity index (χ4v) is 4.60. The van der Waals surface area contributed by atoms with E-state index in [9.17, 15) is 9.18 Å². The lowest BCUT2D eigenvalue weighted by atomic mass is 10.1. The average molecular weight is 444 g/mol. The maximum absolute atomic E-state index is 14.4. The zero-order valence-electron chi connectivity index (χ0n) is 18.8. The summed E-state index contributed by atoms with van der Waals surface area (Å²) < 4.78 is 18.0. The molecule has 0 unspecified atom stereocenters. The van der Waals surface area contributed by atoms with Crippen LogP contribution in [0.3, 0.4) is 0 Å². The van der Waals surface area contributed by atoms with Crippen molar-refractivity contribution in [2.24, 2.45) is 0 Å². The van der Waals surface area contributed by atoms with E-state index in [0.29, 0.717) is 24.5 Å². The number of fused-ring (bicyclic) bond motifs is 1. The third kappa shape index (κ3) is 3.95. The van der Waals surface area contributed by atoms with E-state index in [2.05, 4.69) is 27.6 Å². The Hall–Kier alpha value is -3.74. The second-order valence-corrected chi connectivity index (χ2v) is 8.47. The molecular weight excluding hydrogens is 417 g/mol. The van der Waals surface area contributed by atoms with Crippen LogP contribution < -0.4 is 5.32 Å². The van der Waals surface area contributed by atoms with E-state index in [1.54, 1.807) is 22.9 Å². The highest BCUT2D eigenvalue weighted by Gasteiger charge is 2.28. The van der Waals surface area contributed by atoms with E-state index < -0.39 is 0 Å². The van der Waals surface area contributed by atoms with Gasteiger partial charge in [0.1, 0.15) is 11.5 Å². The third-order valence-electron chi connectivity index (χ3n) is 6.36. The molecule has 1 aliphatic rings. The van der Waals surface area contributed by atoms with Crippen LogP contribution in [0.4, 0.5) is 4.39 Å². The second-order valence-electron chi connectivity index (χ2n) is 8.47. The maximum atomic E-state index is 14.4. The lowest BCUT2D eigenvalue weighted by Crippen LogP contribution is -2.25. The number of carbonyl (C=O) groups is 1. The summed E-state index contributed by atoms with van der Waals surface area (Å²) in [4.78, 5) is 13.1. The van der Waals surface area contributed by atoms with Crippen LogP contribution >= 0.6 is 0 Å². The Morgan fingerprint density at radius 2 is 1.79 bits per heavy atom. The van der Waals surface area contributed by atoms with Gasteiger partial charge < -0.3 is 5.32 Å². The van der Waals surface area contributed by atoms with Crippen molar-refractivity contribution >= 4 is 5.91 Å². The fraction of sp³-hybridized carbons (Fsp3) is 0.269. The van der Waals surface area contributed by atoms with Gasteiger partial charge in [0.05, 0.1) is 12.2 Å². The molecule has 168 valence electrons. The molecule has 2 heterocycles. The van der Waals surface area contributed by atoms with Crippen molar-refractivity contribution in [2.75, 3.05) is 0 Å². The fourth-order valence-electron chi connectivity index (χ4n) is 4.60. The van der Waals surface area contributed by atoms with E-state index in [1.165, 1.54) is 11.6 Å². The first-order chi connectivity index (χ1) is 16.0. The summed E-state index contributed by atoms with van der Waals surface area (Å²) in [6.45, 7) is 5.03. The molecular formula is C26H26FN5O. The molecule has 0 saturated carbocycles. The van der Waals surface area contributed by atoms with E-state index in [1.807, 2.05) is 36.7 Å². The Balaban J connectivity index is 1.36. The highest BCUT2D eigenvalue weighted by Crippen LogP contribution is 2.28. The molecule has 1 amide bonds. The largest absolute Gasteiger partial charge is 0.346 e. The molecule has 1 N–H and O–H groups in total. The van der Waals surface area contributed by atoms with Gasteiger partial charge in [0, 0.05) is 29.1 Å². The molecule has 2 aromatic heterocycles. The van der Waals surface area contributed by atoms with Crippen LogP contribution in [-0.4, -0.2) is 25.5 Å². The van der Waals surface area contributed by atoms with Crippen molar-refractivity contribution in [2.45, 2.75) is 46.2 Å². The van der Waals surface area contributed by atoms with Crippen molar-refractivity contribution in [3.05, 3.63) is 99.9 Å². The van der Waals surface area contributed by atoms with Crippen LogP contribution in [-0.2, 0) is 25.9 Å². The van der Waals surface area contributed by atoms with E-state index in [0.717, 1.165) is 47.5 Å². The molecule has 5 rings (SSSR count). The SMILES string of the molecule is Cc1nn(Cc2ccccc2)c(C)c1CNC(=O)c1nn(-c2ccccc2F)c2c1CCC2. The van der Waals surface area contributed by atoms with Gasteiger partial charge in [-0.3, -0.25) is 9.48 Å². The Morgan fingerprint density at radius 1 is 1.03 bits per heavy atom. The summed E-state index contributed by atoms with van der Waals surface area (Å²) in [5.41, 5.74) is 6.71. The van der Waals surface area contributed by atoms with E-state index >= 15 is 0 Å². The lowest BCUT2D eigenvalue weighted by Gasteiger charge is -2.08. The molecule has 1 aliphatic carbocycles. The number of hydrogen-bond acceptors (Lipinski definition) is 3. The van der Waals surface area contributed by atoms with Gasteiger partial charge in [-0.1, -0.05) is 42.5 Å². The summed E-state index contributed by atoms with van der Waals surface area (Å²) in [7, 11) is 0. The number of rotatable bonds is 6. The maximum Gasteiger partial charge on any atom is 0.272 e. The Labute approximate surface area is 192 Å². The number of benzene rings is 2. The quantitative estimate of drug-likeness (QED) is 0.484. The van der Waals surface area contributed by atoms with Crippen molar-refractivity contribution in [3.63, 3.8) is 0 Å². The molecule has 7 heteroatoms. The molecule has 0 fully saturated rings. The molecule has 0 spiro atoms. The van der Waals surface area contributed by atoms with Crippen LogP contribution in [0, 0.1) is 19.7 Å². The minimum atomic E-state index is -0.348. The number of hydrogen-bond donors (Lipinski definition) is 1. The highest BCUT2D eigenvalue weighted by molar-refractivity contribution is 5.94. The zero-order valence-corrected chi connectivity index (χ0v) is 18.8. The standard InChI is InChI=1S/C26H26FN5O/c1-17-21(18(2)31(29-17)16-19-9-4-3-5-10-19)15-28-26(33)25-20-11-8-14-23(20)32(30-25)24-13-7-6-12-22(24)27/h3-7,9-10,12-13H,8,11,14-16H2,1-2H3,(H,28,33). The topological polar surface area (TPSA) is 64.7 Å². The number of aryl methyl sites for hydroxylation is 1. The molecule has 6 nitrogen and oxygen atoms in total. The molecule has 4 aromatic rings. The number of amides is 1. The number of halogens is 1. The first-order valence-corrected chi connectivity index (χ1v) is 11.2. The predicted molar refractivity (Wildman–Crippen MR) is 124 cm³/mol. The summed E-state index contributed by atoms with van der Waals surface area (Å²) >= 11 is 0. The number of aromatic nitrogens is 4. The van der Waals surface area contributed by atoms with Crippen molar-refractivity contribution < 1.29 is 9.18 Å².